The van der Waals surface area contributed by atoms with Gasteiger partial charge in [-0.15, -0.1) is 0 Å². The summed E-state index contributed by atoms with van der Waals surface area (Å²) < 4.78 is 3.22. The third-order valence-electron chi connectivity index (χ3n) is 3.65. The molecule has 0 unspecified atom stereocenters. The molecule has 4 heterocycles. The van der Waals surface area contributed by atoms with E-state index in [1.54, 1.807) is 28.1 Å². The Balaban J connectivity index is 0.000000174. The summed E-state index contributed by atoms with van der Waals surface area (Å²) in [4.78, 5) is 12.3. The van der Waals surface area contributed by atoms with Crippen LogP contribution in [0, 0.1) is 6.07 Å². The summed E-state index contributed by atoms with van der Waals surface area (Å²) >= 11 is 0. The number of aromatic nitrogens is 9. The number of benzene rings is 1. The second kappa shape index (κ2) is 9.63. The van der Waals surface area contributed by atoms with Crippen molar-refractivity contribution in [1.29, 1.82) is 0 Å². The molecule has 0 bridgehead atoms. The normalized spacial score (nSPS) is 9.97. The fourth-order valence-corrected chi connectivity index (χ4v) is 2.34. The summed E-state index contributed by atoms with van der Waals surface area (Å²) in [6.45, 7) is 0. The van der Waals surface area contributed by atoms with Gasteiger partial charge < -0.3 is 20.8 Å². The van der Waals surface area contributed by atoms with Crippen LogP contribution in [0.3, 0.4) is 0 Å². The van der Waals surface area contributed by atoms with Crippen molar-refractivity contribution in [2.75, 3.05) is 0 Å². The molecule has 0 saturated carbocycles. The molecule has 0 fully saturated rings. The van der Waals surface area contributed by atoms with Crippen molar-refractivity contribution >= 4 is 0 Å². The monoisotopic (exact) mass is 562 g/mol. The summed E-state index contributed by atoms with van der Waals surface area (Å²) in [5.41, 5.74) is 1.70. The molecule has 9 nitrogen and oxygen atoms in total. The number of rotatable bonds is 3. The van der Waals surface area contributed by atoms with Crippen LogP contribution in [0.15, 0.2) is 73.6 Å². The van der Waals surface area contributed by atoms with Gasteiger partial charge in [0.1, 0.15) is 12.7 Å². The van der Waals surface area contributed by atoms with Crippen LogP contribution in [0.4, 0.5) is 0 Å². The maximum atomic E-state index is 4.37. The summed E-state index contributed by atoms with van der Waals surface area (Å²) in [5.74, 6) is 1.85. The smallest absolute Gasteiger partial charge is 0.138 e. The predicted molar refractivity (Wildman–Crippen MR) is 101 cm³/mol. The molecule has 0 amide bonds. The molecule has 0 aliphatic carbocycles. The number of aryl methyl sites for hydroxylation is 1. The summed E-state index contributed by atoms with van der Waals surface area (Å²) in [7, 11) is 1.83. The van der Waals surface area contributed by atoms with Gasteiger partial charge in [-0.2, -0.15) is 16.4 Å². The molecule has 0 N–H and O–H groups in total. The van der Waals surface area contributed by atoms with E-state index >= 15 is 0 Å². The van der Waals surface area contributed by atoms with E-state index in [2.05, 4.69) is 41.4 Å². The van der Waals surface area contributed by atoms with Crippen LogP contribution in [0.1, 0.15) is 0 Å². The molecule has 29 heavy (non-hydrogen) atoms. The Morgan fingerprint density at radius 1 is 1.03 bits per heavy atom. The molecule has 0 spiro atoms. The van der Waals surface area contributed by atoms with E-state index in [1.165, 1.54) is 6.33 Å². The average molecular weight is 562 g/mol. The fraction of sp³-hybridized carbons (Fsp3) is 0.0526. The van der Waals surface area contributed by atoms with Crippen LogP contribution < -0.4 is 5.10 Å². The maximum absolute atomic E-state index is 4.37. The molecule has 10 heteroatoms. The number of pyridine rings is 1. The largest absolute Gasteiger partial charge is 0.417 e. The number of hydrogen-bond donors (Lipinski definition) is 0. The van der Waals surface area contributed by atoms with Gasteiger partial charge in [0.25, 0.3) is 0 Å². The van der Waals surface area contributed by atoms with E-state index in [4.69, 9.17) is 0 Å². The summed E-state index contributed by atoms with van der Waals surface area (Å²) in [6, 6.07) is 18.3. The summed E-state index contributed by atoms with van der Waals surface area (Å²) in [5, 5.41) is 16.1. The summed E-state index contributed by atoms with van der Waals surface area (Å²) in [6.07, 6.45) is 6.49. The Hall–Kier alpha value is -3.49. The third kappa shape index (κ3) is 5.07. The molecule has 5 aromatic rings. The topological polar surface area (TPSA) is 101 Å². The van der Waals surface area contributed by atoms with E-state index in [0.717, 1.165) is 11.3 Å². The third-order valence-corrected chi connectivity index (χ3v) is 3.65. The fourth-order valence-electron chi connectivity index (χ4n) is 2.34. The minimum atomic E-state index is 0. The van der Waals surface area contributed by atoms with Gasteiger partial charge in [0.2, 0.25) is 0 Å². The van der Waals surface area contributed by atoms with Crippen LogP contribution in [-0.2, 0) is 27.2 Å². The Kier molecular flexibility index (Phi) is 6.72. The zero-order chi connectivity index (χ0) is 19.2. The standard InChI is InChI=1S/C13H9N4.C6H6N5.Ir/c1-2-6-10(7-3-1)12-15-13(17-16-12)11-8-4-5-9-14-11;1-10-3-2-6(9-10)11-5-7-4-8-11;/h1-9H;3-5H,1H3;/q2*-1;. The molecular weight excluding hydrogens is 546 g/mol. The molecule has 5 rings (SSSR count). The van der Waals surface area contributed by atoms with Crippen LogP contribution >= 0.6 is 0 Å². The number of nitrogens with zero attached hydrogens (tertiary/aromatic N) is 9. The van der Waals surface area contributed by atoms with E-state index in [1.807, 2.05) is 55.6 Å². The first kappa shape index (κ1) is 20.2. The molecule has 0 aliphatic rings. The average Bonchev–Trinajstić information content (AvgIpc) is 3.51. The minimum Gasteiger partial charge on any atom is -0.417 e. The first-order valence-electron chi connectivity index (χ1n) is 8.40. The van der Waals surface area contributed by atoms with Gasteiger partial charge in [-0.1, -0.05) is 36.4 Å². The molecular formula is C19H15IrN9-2. The van der Waals surface area contributed by atoms with E-state index in [0.29, 0.717) is 17.5 Å². The molecule has 1 aromatic carbocycles. The Morgan fingerprint density at radius 2 is 1.86 bits per heavy atom. The second-order valence-electron chi connectivity index (χ2n) is 5.65. The van der Waals surface area contributed by atoms with E-state index in [-0.39, 0.29) is 20.1 Å². The van der Waals surface area contributed by atoms with E-state index in [9.17, 15) is 0 Å². The van der Waals surface area contributed by atoms with Crippen LogP contribution in [0.25, 0.3) is 28.7 Å². The van der Waals surface area contributed by atoms with Crippen LogP contribution in [-0.4, -0.2) is 39.6 Å². The van der Waals surface area contributed by atoms with Crippen molar-refractivity contribution in [3.63, 3.8) is 0 Å². The van der Waals surface area contributed by atoms with Crippen molar-refractivity contribution in [3.8, 4) is 28.7 Å². The van der Waals surface area contributed by atoms with Crippen LogP contribution in [0.5, 0.6) is 0 Å². The van der Waals surface area contributed by atoms with Crippen molar-refractivity contribution in [1.82, 2.24) is 44.7 Å². The van der Waals surface area contributed by atoms with Gasteiger partial charge in [0, 0.05) is 33.3 Å². The van der Waals surface area contributed by atoms with Crippen molar-refractivity contribution in [2.24, 2.45) is 7.05 Å². The molecule has 0 saturated heterocycles. The van der Waals surface area contributed by atoms with E-state index < -0.39 is 0 Å². The van der Waals surface area contributed by atoms with Crippen molar-refractivity contribution in [3.05, 3.63) is 79.6 Å². The van der Waals surface area contributed by atoms with Gasteiger partial charge in [-0.3, -0.25) is 10.1 Å². The van der Waals surface area contributed by atoms with Crippen molar-refractivity contribution < 1.29 is 20.1 Å². The van der Waals surface area contributed by atoms with Gasteiger partial charge in [-0.05, 0) is 29.3 Å². The number of hydrogen-bond acceptors (Lipinski definition) is 6. The molecule has 1 radical (unpaired) electrons. The van der Waals surface area contributed by atoms with Gasteiger partial charge >= 0.3 is 0 Å². The van der Waals surface area contributed by atoms with Crippen molar-refractivity contribution in [2.45, 2.75) is 0 Å². The quantitative estimate of drug-likeness (QED) is 0.311. The molecule has 4 aromatic heterocycles. The minimum absolute atomic E-state index is 0. The first-order chi connectivity index (χ1) is 13.8. The van der Waals surface area contributed by atoms with Crippen LogP contribution in [0.2, 0.25) is 0 Å². The Morgan fingerprint density at radius 3 is 2.52 bits per heavy atom. The van der Waals surface area contributed by atoms with Gasteiger partial charge in [0.15, 0.2) is 0 Å². The molecule has 0 atom stereocenters. The SMILES string of the molecule is Cn1c[c-]c(-n2cncn2)n1.[Ir].c1ccc(-c2n[n-]c(-c3ccccn3)n2)cc1. The second-order valence-corrected chi connectivity index (χ2v) is 5.65. The maximum Gasteiger partial charge on any atom is 0.138 e. The Labute approximate surface area is 180 Å². The molecule has 0 aliphatic heterocycles. The zero-order valence-corrected chi connectivity index (χ0v) is 17.7. The Bertz CT molecular complexity index is 1060. The first-order valence-corrected chi connectivity index (χ1v) is 8.40. The predicted octanol–water partition coefficient (Wildman–Crippen LogP) is 1.96. The zero-order valence-electron chi connectivity index (χ0n) is 15.3. The van der Waals surface area contributed by atoms with Gasteiger partial charge in [-0.25, -0.2) is 9.67 Å². The van der Waals surface area contributed by atoms with Gasteiger partial charge in [0.05, 0.1) is 11.5 Å². The molecule has 147 valence electrons.